The zero-order chi connectivity index (χ0) is 18.4. The van der Waals surface area contributed by atoms with Crippen molar-refractivity contribution in [3.63, 3.8) is 0 Å². The summed E-state index contributed by atoms with van der Waals surface area (Å²) in [6.07, 6.45) is 4.72. The van der Waals surface area contributed by atoms with E-state index in [4.69, 9.17) is 0 Å². The highest BCUT2D eigenvalue weighted by atomic mass is 32.2. The van der Waals surface area contributed by atoms with Crippen LogP contribution in [0, 0.1) is 18.3 Å². The first-order valence-corrected chi connectivity index (χ1v) is 10.1. The molecule has 1 spiro atoms. The number of pyridine rings is 1. The second-order valence-corrected chi connectivity index (χ2v) is 9.19. The average Bonchev–Trinajstić information content (AvgIpc) is 3.15. The van der Waals surface area contributed by atoms with Gasteiger partial charge in [0.05, 0.1) is 16.8 Å². The van der Waals surface area contributed by atoms with E-state index in [0.29, 0.717) is 23.7 Å². The molecule has 0 bridgehead atoms. The summed E-state index contributed by atoms with van der Waals surface area (Å²) in [5.41, 5.74) is 1.47. The molecule has 1 amide bonds. The fraction of sp³-hybridized carbons (Fsp3) is 0.368. The zero-order valence-corrected chi connectivity index (χ0v) is 15.4. The Labute approximate surface area is 153 Å². The van der Waals surface area contributed by atoms with Crippen molar-refractivity contribution in [2.24, 2.45) is 11.3 Å². The number of nitrogens with one attached hydrogen (secondary N) is 1. The standard InChI is InChI=1S/C19H21N3O3S/c1-14-4-6-16(7-5-14)26(24,25)22-10-8-19(13-22)11-17(19)18(23)21-15-3-2-9-20-12-15/h2-7,9,12,17H,8,10-11,13H2,1H3,(H,21,23)/t17-,19+/m0/s1. The van der Waals surface area contributed by atoms with E-state index < -0.39 is 10.0 Å². The lowest BCUT2D eigenvalue weighted by Gasteiger charge is -2.17. The second kappa shape index (κ2) is 6.17. The van der Waals surface area contributed by atoms with Crippen molar-refractivity contribution in [2.75, 3.05) is 18.4 Å². The predicted octanol–water partition coefficient (Wildman–Crippen LogP) is 2.43. The quantitative estimate of drug-likeness (QED) is 0.895. The highest BCUT2D eigenvalue weighted by Crippen LogP contribution is 2.59. The van der Waals surface area contributed by atoms with E-state index in [9.17, 15) is 13.2 Å². The minimum atomic E-state index is -3.50. The van der Waals surface area contributed by atoms with Gasteiger partial charge in [-0.05, 0) is 49.4 Å². The van der Waals surface area contributed by atoms with E-state index in [2.05, 4.69) is 10.3 Å². The maximum Gasteiger partial charge on any atom is 0.243 e. The van der Waals surface area contributed by atoms with E-state index in [1.165, 1.54) is 4.31 Å². The molecule has 1 saturated heterocycles. The predicted molar refractivity (Wildman–Crippen MR) is 98.0 cm³/mol. The molecular formula is C19H21N3O3S. The van der Waals surface area contributed by atoms with Gasteiger partial charge in [-0.2, -0.15) is 4.31 Å². The van der Waals surface area contributed by atoms with Crippen LogP contribution in [0.2, 0.25) is 0 Å². The van der Waals surface area contributed by atoms with E-state index in [0.717, 1.165) is 18.4 Å². The first-order valence-electron chi connectivity index (χ1n) is 8.68. The molecule has 136 valence electrons. The van der Waals surface area contributed by atoms with Crippen LogP contribution < -0.4 is 5.32 Å². The number of sulfonamides is 1. The van der Waals surface area contributed by atoms with Crippen molar-refractivity contribution in [2.45, 2.75) is 24.7 Å². The molecular weight excluding hydrogens is 350 g/mol. The Morgan fingerprint density at radius 2 is 2.04 bits per heavy atom. The maximum absolute atomic E-state index is 12.8. The van der Waals surface area contributed by atoms with E-state index in [1.807, 2.05) is 6.92 Å². The smallest absolute Gasteiger partial charge is 0.243 e. The fourth-order valence-corrected chi connectivity index (χ4v) is 5.29. The molecule has 2 heterocycles. The Balaban J connectivity index is 1.44. The number of anilines is 1. The summed E-state index contributed by atoms with van der Waals surface area (Å²) in [4.78, 5) is 16.8. The van der Waals surface area contributed by atoms with Gasteiger partial charge >= 0.3 is 0 Å². The highest BCUT2D eigenvalue weighted by molar-refractivity contribution is 7.89. The first kappa shape index (κ1) is 17.2. The number of hydrogen-bond acceptors (Lipinski definition) is 4. The van der Waals surface area contributed by atoms with Crippen molar-refractivity contribution in [1.29, 1.82) is 0 Å². The highest BCUT2D eigenvalue weighted by Gasteiger charge is 2.62. The summed E-state index contributed by atoms with van der Waals surface area (Å²) < 4.78 is 27.2. The Bertz CT molecular complexity index is 928. The Hall–Kier alpha value is -2.25. The van der Waals surface area contributed by atoms with Gasteiger partial charge < -0.3 is 5.32 Å². The van der Waals surface area contributed by atoms with Crippen molar-refractivity contribution in [3.05, 3.63) is 54.4 Å². The third-order valence-corrected chi connectivity index (χ3v) is 7.30. The molecule has 0 unspecified atom stereocenters. The van der Waals surface area contributed by atoms with Gasteiger partial charge in [-0.1, -0.05) is 17.7 Å². The van der Waals surface area contributed by atoms with Crippen LogP contribution in [-0.4, -0.2) is 36.7 Å². The van der Waals surface area contributed by atoms with Gasteiger partial charge in [-0.3, -0.25) is 9.78 Å². The van der Waals surface area contributed by atoms with Gasteiger partial charge in [0.15, 0.2) is 0 Å². The SMILES string of the molecule is Cc1ccc(S(=O)(=O)N2CC[C@@]3(C[C@H]3C(=O)Nc3cccnc3)C2)cc1. The molecule has 2 fully saturated rings. The molecule has 1 aromatic carbocycles. The van der Waals surface area contributed by atoms with E-state index in [1.54, 1.807) is 48.8 Å². The molecule has 1 aliphatic carbocycles. The van der Waals surface area contributed by atoms with Crippen molar-refractivity contribution >= 4 is 21.6 Å². The molecule has 26 heavy (non-hydrogen) atoms. The number of amides is 1. The minimum absolute atomic E-state index is 0.0485. The maximum atomic E-state index is 12.8. The number of aryl methyl sites for hydroxylation is 1. The van der Waals surface area contributed by atoms with Crippen molar-refractivity contribution in [3.8, 4) is 0 Å². The topological polar surface area (TPSA) is 79.4 Å². The number of carbonyl (C=O) groups is 1. The molecule has 1 aromatic heterocycles. The minimum Gasteiger partial charge on any atom is -0.324 e. The first-order chi connectivity index (χ1) is 12.4. The van der Waals surface area contributed by atoms with Crippen molar-refractivity contribution < 1.29 is 13.2 Å². The Morgan fingerprint density at radius 1 is 1.27 bits per heavy atom. The lowest BCUT2D eigenvalue weighted by Crippen LogP contribution is -2.30. The van der Waals surface area contributed by atoms with Crippen LogP contribution in [0.1, 0.15) is 18.4 Å². The number of nitrogens with zero attached hydrogens (tertiary/aromatic N) is 2. The van der Waals surface area contributed by atoms with Crippen LogP contribution in [0.25, 0.3) is 0 Å². The number of aromatic nitrogens is 1. The molecule has 1 saturated carbocycles. The number of carbonyl (C=O) groups excluding carboxylic acids is 1. The van der Waals surface area contributed by atoms with E-state index >= 15 is 0 Å². The van der Waals surface area contributed by atoms with Gasteiger partial charge in [0.2, 0.25) is 15.9 Å². The molecule has 0 radical (unpaired) electrons. The molecule has 4 rings (SSSR count). The second-order valence-electron chi connectivity index (χ2n) is 7.25. The molecule has 2 aliphatic rings. The summed E-state index contributed by atoms with van der Waals surface area (Å²) in [5, 5.41) is 2.88. The van der Waals surface area contributed by atoms with Crippen LogP contribution in [0.3, 0.4) is 0 Å². The third-order valence-electron chi connectivity index (χ3n) is 5.44. The molecule has 7 heteroatoms. The van der Waals surface area contributed by atoms with Gasteiger partial charge in [-0.25, -0.2) is 8.42 Å². The monoisotopic (exact) mass is 371 g/mol. The van der Waals surface area contributed by atoms with Crippen LogP contribution in [0.4, 0.5) is 5.69 Å². The van der Waals surface area contributed by atoms with Gasteiger partial charge in [0, 0.05) is 25.2 Å². The fourth-order valence-electron chi connectivity index (χ4n) is 3.76. The summed E-state index contributed by atoms with van der Waals surface area (Å²) in [6.45, 7) is 2.80. The third kappa shape index (κ3) is 3.01. The molecule has 6 nitrogen and oxygen atoms in total. The van der Waals surface area contributed by atoms with Gasteiger partial charge in [0.25, 0.3) is 0 Å². The van der Waals surface area contributed by atoms with Crippen LogP contribution in [0.15, 0.2) is 53.7 Å². The number of rotatable bonds is 4. The number of hydrogen-bond donors (Lipinski definition) is 1. The van der Waals surface area contributed by atoms with Gasteiger partial charge in [-0.15, -0.1) is 0 Å². The molecule has 2 atom stereocenters. The summed E-state index contributed by atoms with van der Waals surface area (Å²) in [5.74, 6) is -0.187. The average molecular weight is 371 g/mol. The van der Waals surface area contributed by atoms with Crippen LogP contribution in [0.5, 0.6) is 0 Å². The largest absolute Gasteiger partial charge is 0.324 e. The lowest BCUT2D eigenvalue weighted by atomic mass is 10.0. The molecule has 1 aliphatic heterocycles. The van der Waals surface area contributed by atoms with Crippen LogP contribution >= 0.6 is 0 Å². The van der Waals surface area contributed by atoms with E-state index in [-0.39, 0.29) is 17.2 Å². The Kier molecular flexibility index (Phi) is 4.08. The van der Waals surface area contributed by atoms with Gasteiger partial charge in [0.1, 0.15) is 0 Å². The van der Waals surface area contributed by atoms with Crippen molar-refractivity contribution in [1.82, 2.24) is 9.29 Å². The lowest BCUT2D eigenvalue weighted by molar-refractivity contribution is -0.118. The Morgan fingerprint density at radius 3 is 2.73 bits per heavy atom. The molecule has 2 aromatic rings. The van der Waals surface area contributed by atoms with Crippen LogP contribution in [-0.2, 0) is 14.8 Å². The normalized spacial score (nSPS) is 25.3. The number of benzene rings is 1. The summed E-state index contributed by atoms with van der Waals surface area (Å²) in [6, 6.07) is 10.5. The summed E-state index contributed by atoms with van der Waals surface area (Å²) in [7, 11) is -3.50. The summed E-state index contributed by atoms with van der Waals surface area (Å²) >= 11 is 0. The zero-order valence-electron chi connectivity index (χ0n) is 14.6. The molecule has 1 N–H and O–H groups in total.